The zero-order valence-electron chi connectivity index (χ0n) is 31.7. The van der Waals surface area contributed by atoms with E-state index in [0.717, 1.165) is 28.1 Å². The maximum atomic E-state index is 5.31. The fourth-order valence-electron chi connectivity index (χ4n) is 7.78. The predicted molar refractivity (Wildman–Crippen MR) is 239 cm³/mol. The molecule has 0 fully saturated rings. The van der Waals surface area contributed by atoms with Crippen LogP contribution in [0.5, 0.6) is 0 Å². The molecule has 56 heavy (non-hydrogen) atoms. The molecule has 9 aromatic rings. The van der Waals surface area contributed by atoms with Crippen molar-refractivity contribution in [3.8, 4) is 39.1 Å². The molecule has 0 N–H and O–H groups in total. The summed E-state index contributed by atoms with van der Waals surface area (Å²) in [7, 11) is 0. The van der Waals surface area contributed by atoms with E-state index in [4.69, 9.17) is 4.99 Å². The van der Waals surface area contributed by atoms with E-state index < -0.39 is 0 Å². The minimum Gasteiger partial charge on any atom is -0.309 e. The van der Waals surface area contributed by atoms with Gasteiger partial charge in [0, 0.05) is 22.0 Å². The number of aliphatic imine (C=N–C) groups is 1. The second-order valence-corrected chi connectivity index (χ2v) is 14.5. The van der Waals surface area contributed by atoms with Crippen molar-refractivity contribution in [2.24, 2.45) is 4.99 Å². The normalized spacial score (nSPS) is 12.6. The van der Waals surface area contributed by atoms with Crippen LogP contribution in [0.15, 0.2) is 217 Å². The van der Waals surface area contributed by atoms with Crippen molar-refractivity contribution in [2.75, 3.05) is 0 Å². The minimum absolute atomic E-state index is 0.00715. The van der Waals surface area contributed by atoms with Gasteiger partial charge in [-0.25, -0.2) is 0 Å². The second-order valence-electron chi connectivity index (χ2n) is 14.5. The summed E-state index contributed by atoms with van der Waals surface area (Å²) in [5, 5.41) is 2.48. The van der Waals surface area contributed by atoms with Gasteiger partial charge in [0.15, 0.2) is 0 Å². The second kappa shape index (κ2) is 15.4. The van der Waals surface area contributed by atoms with E-state index >= 15 is 0 Å². The van der Waals surface area contributed by atoms with Gasteiger partial charge in [0.1, 0.15) is 0 Å². The molecule has 1 atom stereocenters. The third-order valence-corrected chi connectivity index (χ3v) is 10.8. The SMILES string of the molecule is C/C(=C\C(=N/C(C)c1ccccc1)c1cccc(-c2ccc(-n3c4ccc(-c5ccccc5)cc4c4cc(-c5ccccc5)ccc43)cc2)c1)c1ccccc1. The van der Waals surface area contributed by atoms with Gasteiger partial charge in [0.25, 0.3) is 0 Å². The van der Waals surface area contributed by atoms with Crippen LogP contribution in [0.3, 0.4) is 0 Å². The maximum Gasteiger partial charge on any atom is 0.0728 e. The predicted octanol–water partition coefficient (Wildman–Crippen LogP) is 14.4. The van der Waals surface area contributed by atoms with Crippen LogP contribution >= 0.6 is 0 Å². The van der Waals surface area contributed by atoms with E-state index in [2.05, 4.69) is 231 Å². The fourth-order valence-corrected chi connectivity index (χ4v) is 7.78. The molecule has 8 aromatic carbocycles. The van der Waals surface area contributed by atoms with Crippen molar-refractivity contribution in [1.82, 2.24) is 4.57 Å². The topological polar surface area (TPSA) is 17.3 Å². The van der Waals surface area contributed by atoms with Gasteiger partial charge in [0.2, 0.25) is 0 Å². The summed E-state index contributed by atoms with van der Waals surface area (Å²) >= 11 is 0. The number of rotatable bonds is 9. The molecule has 0 saturated carbocycles. The van der Waals surface area contributed by atoms with Crippen molar-refractivity contribution < 1.29 is 0 Å². The first-order valence-corrected chi connectivity index (χ1v) is 19.4. The molecule has 0 saturated heterocycles. The molecule has 0 aliphatic rings. The zero-order chi connectivity index (χ0) is 37.8. The van der Waals surface area contributed by atoms with E-state index in [1.54, 1.807) is 0 Å². The first-order chi connectivity index (χ1) is 27.6. The van der Waals surface area contributed by atoms with Crippen LogP contribution in [0.25, 0.3) is 66.4 Å². The Labute approximate surface area is 329 Å². The van der Waals surface area contributed by atoms with Crippen molar-refractivity contribution >= 4 is 33.1 Å². The summed E-state index contributed by atoms with van der Waals surface area (Å²) in [6.07, 6.45) is 2.23. The molecule has 2 heteroatoms. The highest BCUT2D eigenvalue weighted by molar-refractivity contribution is 6.13. The van der Waals surface area contributed by atoms with E-state index in [0.29, 0.717) is 0 Å². The van der Waals surface area contributed by atoms with E-state index in [9.17, 15) is 0 Å². The molecular weight excluding hydrogens is 677 g/mol. The number of nitrogens with zero attached hydrogens (tertiary/aromatic N) is 2. The number of fused-ring (bicyclic) bond motifs is 3. The Morgan fingerprint density at radius 1 is 0.446 bits per heavy atom. The van der Waals surface area contributed by atoms with E-state index in [1.165, 1.54) is 60.8 Å². The summed E-state index contributed by atoms with van der Waals surface area (Å²) < 4.78 is 2.40. The lowest BCUT2D eigenvalue weighted by atomic mass is 9.98. The number of aromatic nitrogens is 1. The molecule has 0 spiro atoms. The van der Waals surface area contributed by atoms with Crippen LogP contribution in [-0.2, 0) is 0 Å². The molecular formula is C54H42N2. The maximum absolute atomic E-state index is 5.31. The highest BCUT2D eigenvalue weighted by Gasteiger charge is 2.16. The molecule has 0 aliphatic carbocycles. The molecule has 1 unspecified atom stereocenters. The van der Waals surface area contributed by atoms with Gasteiger partial charge in [-0.15, -0.1) is 0 Å². The Kier molecular flexibility index (Phi) is 9.53. The molecule has 2 nitrogen and oxygen atoms in total. The van der Waals surface area contributed by atoms with Crippen LogP contribution < -0.4 is 0 Å². The average molecular weight is 719 g/mol. The quantitative estimate of drug-likeness (QED) is 0.132. The molecule has 0 amide bonds. The van der Waals surface area contributed by atoms with Crippen LogP contribution in [-0.4, -0.2) is 10.3 Å². The summed E-state index contributed by atoms with van der Waals surface area (Å²) in [5.74, 6) is 0. The Morgan fingerprint density at radius 3 is 1.46 bits per heavy atom. The lowest BCUT2D eigenvalue weighted by molar-refractivity contribution is 0.822. The van der Waals surface area contributed by atoms with E-state index in [-0.39, 0.29) is 6.04 Å². The van der Waals surface area contributed by atoms with Gasteiger partial charge in [0.05, 0.1) is 22.8 Å². The molecule has 9 rings (SSSR count). The molecule has 1 heterocycles. The molecule has 0 aliphatic heterocycles. The Bertz CT molecular complexity index is 2730. The summed E-state index contributed by atoms with van der Waals surface area (Å²) in [6, 6.07) is 73.9. The van der Waals surface area contributed by atoms with Gasteiger partial charge < -0.3 is 4.57 Å². The van der Waals surface area contributed by atoms with Crippen LogP contribution in [0, 0.1) is 0 Å². The molecule has 1 aromatic heterocycles. The van der Waals surface area contributed by atoms with Gasteiger partial charge >= 0.3 is 0 Å². The summed E-state index contributed by atoms with van der Waals surface area (Å²) in [6.45, 7) is 4.34. The third-order valence-electron chi connectivity index (χ3n) is 10.8. The molecule has 268 valence electrons. The van der Waals surface area contributed by atoms with Gasteiger partial charge in [-0.2, -0.15) is 0 Å². The van der Waals surface area contributed by atoms with E-state index in [1.807, 2.05) is 0 Å². The average Bonchev–Trinajstić information content (AvgIpc) is 3.60. The highest BCUT2D eigenvalue weighted by atomic mass is 15.0. The molecule has 0 radical (unpaired) electrons. The van der Waals surface area contributed by atoms with Gasteiger partial charge in [-0.3, -0.25) is 4.99 Å². The van der Waals surface area contributed by atoms with Crippen molar-refractivity contribution in [3.05, 3.63) is 229 Å². The standard InChI is InChI=1S/C54H42N2/c1-38(40-16-7-3-8-17-40)34-52(55-39(2)41-18-9-4-10-19-41)48-25-15-24-45(35-48)44-26-30-49(31-27-44)56-53-32-28-46(42-20-11-5-12-21-42)36-50(53)51-37-47(29-33-54(51)56)43-22-13-6-14-23-43/h3-37,39H,1-2H3/b38-34+,55-52+. The first-order valence-electron chi connectivity index (χ1n) is 19.4. The lowest BCUT2D eigenvalue weighted by Crippen LogP contribution is -2.02. The Hall–Kier alpha value is -7.03. The lowest BCUT2D eigenvalue weighted by Gasteiger charge is -2.13. The smallest absolute Gasteiger partial charge is 0.0728 e. The van der Waals surface area contributed by atoms with Crippen molar-refractivity contribution in [3.63, 3.8) is 0 Å². The highest BCUT2D eigenvalue weighted by Crippen LogP contribution is 2.38. The Balaban J connectivity index is 1.11. The third kappa shape index (κ3) is 7.01. The summed E-state index contributed by atoms with van der Waals surface area (Å²) in [5.41, 5.74) is 16.3. The number of hydrogen-bond donors (Lipinski definition) is 0. The summed E-state index contributed by atoms with van der Waals surface area (Å²) in [4.78, 5) is 5.31. The van der Waals surface area contributed by atoms with Crippen LogP contribution in [0.2, 0.25) is 0 Å². The molecule has 0 bridgehead atoms. The van der Waals surface area contributed by atoms with Crippen molar-refractivity contribution in [1.29, 1.82) is 0 Å². The first kappa shape index (κ1) is 34.7. The van der Waals surface area contributed by atoms with Crippen LogP contribution in [0.1, 0.15) is 36.6 Å². The number of benzene rings is 8. The fraction of sp³-hybridized carbons (Fsp3) is 0.0556. The minimum atomic E-state index is 0.00715. The largest absolute Gasteiger partial charge is 0.309 e. The Morgan fingerprint density at radius 2 is 0.893 bits per heavy atom. The van der Waals surface area contributed by atoms with Crippen molar-refractivity contribution in [2.45, 2.75) is 19.9 Å². The monoisotopic (exact) mass is 718 g/mol. The van der Waals surface area contributed by atoms with Crippen LogP contribution in [0.4, 0.5) is 0 Å². The number of allylic oxidation sites excluding steroid dienone is 2. The number of hydrogen-bond acceptors (Lipinski definition) is 1. The van der Waals surface area contributed by atoms with Gasteiger partial charge in [-0.1, -0.05) is 164 Å². The van der Waals surface area contributed by atoms with Gasteiger partial charge in [-0.05, 0) is 112 Å². The zero-order valence-corrected chi connectivity index (χ0v) is 31.7.